The summed E-state index contributed by atoms with van der Waals surface area (Å²) in [7, 11) is -3.95. The Labute approximate surface area is 246 Å². The van der Waals surface area contributed by atoms with Crippen molar-refractivity contribution in [2.24, 2.45) is 0 Å². The van der Waals surface area contributed by atoms with Gasteiger partial charge >= 0.3 is 0 Å². The molecule has 3 aromatic rings. The molecule has 0 aliphatic carbocycles. The molecule has 0 aromatic heterocycles. The summed E-state index contributed by atoms with van der Waals surface area (Å²) in [6, 6.07) is 18.5. The molecule has 1 aliphatic rings. The lowest BCUT2D eigenvalue weighted by Crippen LogP contribution is -2.56. The van der Waals surface area contributed by atoms with Gasteiger partial charge in [-0.05, 0) is 56.2 Å². The number of nitrogens with one attached hydrogen (secondary N) is 1. The van der Waals surface area contributed by atoms with Crippen molar-refractivity contribution in [3.8, 4) is 11.5 Å². The van der Waals surface area contributed by atoms with Crippen molar-refractivity contribution in [2.45, 2.75) is 45.3 Å². The summed E-state index contributed by atoms with van der Waals surface area (Å²) in [4.78, 5) is 29.2. The molecule has 1 N–H and O–H groups in total. The Bertz CT molecular complexity index is 1510. The Kier molecular flexibility index (Phi) is 9.40. The van der Waals surface area contributed by atoms with Crippen molar-refractivity contribution >= 4 is 27.5 Å². The number of halogens is 1. The number of carbonyl (C=O) groups excluding carboxylic acids is 2. The quantitative estimate of drug-likeness (QED) is 0.380. The van der Waals surface area contributed by atoms with Crippen LogP contribution >= 0.6 is 0 Å². The molecular formula is C31H36FN3O6S. The summed E-state index contributed by atoms with van der Waals surface area (Å²) in [6.07, 6.45) is 1.19. The third kappa shape index (κ3) is 8.22. The van der Waals surface area contributed by atoms with Crippen molar-refractivity contribution in [1.29, 1.82) is 0 Å². The molecule has 0 spiro atoms. The van der Waals surface area contributed by atoms with Gasteiger partial charge in [-0.2, -0.15) is 0 Å². The van der Waals surface area contributed by atoms with Gasteiger partial charge in [-0.15, -0.1) is 0 Å². The second-order valence-corrected chi connectivity index (χ2v) is 13.1. The summed E-state index contributed by atoms with van der Waals surface area (Å²) < 4.78 is 51.9. The third-order valence-electron chi connectivity index (χ3n) is 6.53. The molecule has 0 saturated carbocycles. The van der Waals surface area contributed by atoms with E-state index < -0.39 is 45.8 Å². The molecule has 3 aromatic carbocycles. The number of benzene rings is 3. The highest BCUT2D eigenvalue weighted by molar-refractivity contribution is 7.92. The van der Waals surface area contributed by atoms with Crippen molar-refractivity contribution in [1.82, 2.24) is 10.2 Å². The zero-order valence-corrected chi connectivity index (χ0v) is 25.0. The fraction of sp³-hybridized carbons (Fsp3) is 0.355. The van der Waals surface area contributed by atoms with Crippen LogP contribution in [0.3, 0.4) is 0 Å². The maximum Gasteiger partial charge on any atom is 0.244 e. The number of hydrogen-bond donors (Lipinski definition) is 1. The highest BCUT2D eigenvalue weighted by Gasteiger charge is 2.34. The van der Waals surface area contributed by atoms with Crippen LogP contribution in [0.1, 0.15) is 31.9 Å². The minimum atomic E-state index is -3.95. The summed E-state index contributed by atoms with van der Waals surface area (Å²) in [5, 5.41) is 2.96. The molecule has 224 valence electrons. The number of nitrogens with zero attached hydrogens (tertiary/aromatic N) is 2. The van der Waals surface area contributed by atoms with Crippen LogP contribution < -0.4 is 19.1 Å². The molecule has 1 atom stereocenters. The Balaban J connectivity index is 1.74. The summed E-state index contributed by atoms with van der Waals surface area (Å²) >= 11 is 0. The largest absolute Gasteiger partial charge is 0.486 e. The fourth-order valence-corrected chi connectivity index (χ4v) is 5.44. The fourth-order valence-electron chi connectivity index (χ4n) is 4.59. The van der Waals surface area contributed by atoms with Crippen LogP contribution in [0, 0.1) is 5.82 Å². The summed E-state index contributed by atoms with van der Waals surface area (Å²) in [6.45, 7) is 5.57. The number of fused-ring (bicyclic) bond motifs is 1. The maximum atomic E-state index is 14.1. The number of anilines is 1. The topological polar surface area (TPSA) is 105 Å². The lowest BCUT2D eigenvalue weighted by molar-refractivity contribution is -0.140. The molecule has 2 amide bonds. The van der Waals surface area contributed by atoms with Crippen LogP contribution in [0.5, 0.6) is 11.5 Å². The SMILES string of the molecule is CC(C)(C)NC(=O)C(Cc1ccccc1)N(Cc1ccc(F)cc1)C(=O)CN(c1ccc2c(c1)OCCO2)S(C)(=O)=O. The van der Waals surface area contributed by atoms with Crippen LogP contribution in [0.4, 0.5) is 10.1 Å². The number of ether oxygens (including phenoxy) is 2. The van der Waals surface area contributed by atoms with Gasteiger partial charge in [-0.3, -0.25) is 13.9 Å². The second kappa shape index (κ2) is 12.8. The minimum absolute atomic E-state index is 0.0487. The normalized spacial score (nSPS) is 13.6. The van der Waals surface area contributed by atoms with E-state index in [2.05, 4.69) is 5.32 Å². The minimum Gasteiger partial charge on any atom is -0.486 e. The zero-order chi connectivity index (χ0) is 30.5. The van der Waals surface area contributed by atoms with Crippen molar-refractivity contribution in [3.63, 3.8) is 0 Å². The first-order valence-electron chi connectivity index (χ1n) is 13.6. The van der Waals surface area contributed by atoms with Crippen LogP contribution in [-0.2, 0) is 32.6 Å². The standard InChI is InChI=1S/C31H36FN3O6S/c1-31(2,3)33-30(37)26(18-22-8-6-5-7-9-22)34(20-23-10-12-24(32)13-11-23)29(36)21-35(42(4,38)39)25-14-15-27-28(19-25)41-17-16-40-27/h5-15,19,26H,16-18,20-21H2,1-4H3,(H,33,37). The van der Waals surface area contributed by atoms with E-state index in [0.29, 0.717) is 30.3 Å². The predicted molar refractivity (Wildman–Crippen MR) is 158 cm³/mol. The van der Waals surface area contributed by atoms with Crippen molar-refractivity contribution in [3.05, 3.63) is 89.7 Å². The van der Waals surface area contributed by atoms with Gasteiger partial charge in [0.05, 0.1) is 11.9 Å². The smallest absolute Gasteiger partial charge is 0.244 e. The molecule has 1 unspecified atom stereocenters. The van der Waals surface area contributed by atoms with Gasteiger partial charge in [0.15, 0.2) is 11.5 Å². The molecular weight excluding hydrogens is 561 g/mol. The first-order valence-corrected chi connectivity index (χ1v) is 15.4. The summed E-state index contributed by atoms with van der Waals surface area (Å²) in [5.74, 6) is -0.597. The van der Waals surface area contributed by atoms with E-state index in [1.807, 2.05) is 51.1 Å². The molecule has 0 bridgehead atoms. The Morgan fingerprint density at radius 2 is 1.57 bits per heavy atom. The molecule has 1 heterocycles. The van der Waals surface area contributed by atoms with E-state index in [1.165, 1.54) is 35.2 Å². The molecule has 4 rings (SSSR count). The molecule has 0 fully saturated rings. The van der Waals surface area contributed by atoms with E-state index >= 15 is 0 Å². The number of hydrogen-bond acceptors (Lipinski definition) is 6. The lowest BCUT2D eigenvalue weighted by Gasteiger charge is -2.35. The van der Waals surface area contributed by atoms with Crippen LogP contribution in [0.15, 0.2) is 72.8 Å². The van der Waals surface area contributed by atoms with Gasteiger partial charge in [-0.1, -0.05) is 42.5 Å². The average Bonchev–Trinajstić information content (AvgIpc) is 2.93. The van der Waals surface area contributed by atoms with E-state index in [0.717, 1.165) is 16.1 Å². The second-order valence-electron chi connectivity index (χ2n) is 11.2. The van der Waals surface area contributed by atoms with E-state index in [4.69, 9.17) is 9.47 Å². The van der Waals surface area contributed by atoms with E-state index in [1.54, 1.807) is 12.1 Å². The van der Waals surface area contributed by atoms with Crippen LogP contribution in [-0.4, -0.2) is 62.7 Å². The molecule has 0 saturated heterocycles. The van der Waals surface area contributed by atoms with Crippen molar-refractivity contribution in [2.75, 3.05) is 30.3 Å². The molecule has 0 radical (unpaired) electrons. The average molecular weight is 598 g/mol. The highest BCUT2D eigenvalue weighted by atomic mass is 32.2. The molecule has 9 nitrogen and oxygen atoms in total. The number of carbonyl (C=O) groups is 2. The molecule has 42 heavy (non-hydrogen) atoms. The number of amides is 2. The number of rotatable bonds is 10. The van der Waals surface area contributed by atoms with E-state index in [-0.39, 0.29) is 18.7 Å². The van der Waals surface area contributed by atoms with Gasteiger partial charge in [0.2, 0.25) is 21.8 Å². The van der Waals surface area contributed by atoms with Gasteiger partial charge in [0, 0.05) is 24.6 Å². The first kappa shape index (κ1) is 30.8. The zero-order valence-electron chi connectivity index (χ0n) is 24.2. The van der Waals surface area contributed by atoms with Crippen LogP contribution in [0.2, 0.25) is 0 Å². The van der Waals surface area contributed by atoms with Gasteiger partial charge in [0.25, 0.3) is 0 Å². The first-order chi connectivity index (χ1) is 19.8. The van der Waals surface area contributed by atoms with Crippen LogP contribution in [0.25, 0.3) is 0 Å². The number of sulfonamides is 1. The Hall–Kier alpha value is -4.12. The highest BCUT2D eigenvalue weighted by Crippen LogP contribution is 2.34. The maximum absolute atomic E-state index is 14.1. The van der Waals surface area contributed by atoms with E-state index in [9.17, 15) is 22.4 Å². The Morgan fingerprint density at radius 1 is 0.929 bits per heavy atom. The van der Waals surface area contributed by atoms with Gasteiger partial charge < -0.3 is 19.7 Å². The summed E-state index contributed by atoms with van der Waals surface area (Å²) in [5.41, 5.74) is 1.02. The monoisotopic (exact) mass is 597 g/mol. The molecule has 11 heteroatoms. The lowest BCUT2D eigenvalue weighted by atomic mass is 10.0. The Morgan fingerprint density at radius 3 is 2.19 bits per heavy atom. The third-order valence-corrected chi connectivity index (χ3v) is 7.67. The van der Waals surface area contributed by atoms with Crippen molar-refractivity contribution < 1.29 is 31.9 Å². The van der Waals surface area contributed by atoms with Gasteiger partial charge in [0.1, 0.15) is 31.6 Å². The van der Waals surface area contributed by atoms with Gasteiger partial charge in [-0.25, -0.2) is 12.8 Å². The molecule has 1 aliphatic heterocycles. The predicted octanol–water partition coefficient (Wildman–Crippen LogP) is 3.92.